The number of nitrogens with two attached hydrogens (primary N) is 1. The number of phenolic OH excluding ortho intramolecular Hbond substituents is 1. The highest BCUT2D eigenvalue weighted by Gasteiger charge is 2.43. The van der Waals surface area contributed by atoms with Crippen LogP contribution in [0.3, 0.4) is 0 Å². The van der Waals surface area contributed by atoms with Crippen molar-refractivity contribution < 1.29 is 19.1 Å². The Kier molecular flexibility index (Phi) is 9.61. The van der Waals surface area contributed by atoms with Crippen LogP contribution in [0.15, 0.2) is 54.7 Å². The second-order valence-electron chi connectivity index (χ2n) is 17.2. The molecule has 58 heavy (non-hydrogen) atoms. The van der Waals surface area contributed by atoms with Crippen LogP contribution >= 0.6 is 0 Å². The number of carbonyl (C=O) groups is 2. The molecule has 2 amide bonds. The number of hydrogen-bond donors (Lipinski definition) is 3. The minimum absolute atomic E-state index is 0.157. The fourth-order valence-electron chi connectivity index (χ4n) is 11.1. The number of nitrogens with zero attached hydrogens (tertiary/aromatic N) is 8. The summed E-state index contributed by atoms with van der Waals surface area (Å²) in [6.07, 6.45) is 12.9. The van der Waals surface area contributed by atoms with Gasteiger partial charge < -0.3 is 30.4 Å². The number of para-hydroxylation sites is 1. The van der Waals surface area contributed by atoms with E-state index in [1.807, 2.05) is 6.20 Å². The molecular formula is C44H51FN10O3. The van der Waals surface area contributed by atoms with Gasteiger partial charge in [0.05, 0.1) is 11.4 Å². The van der Waals surface area contributed by atoms with Gasteiger partial charge in [-0.3, -0.25) is 14.9 Å². The molecule has 302 valence electrons. The topological polar surface area (TPSA) is 157 Å². The second kappa shape index (κ2) is 15.1. The molecule has 13 nitrogen and oxygen atoms in total. The quantitative estimate of drug-likeness (QED) is 0.209. The number of benzene rings is 2. The van der Waals surface area contributed by atoms with Gasteiger partial charge in [-0.05, 0) is 125 Å². The molecule has 10 rings (SSSR count). The van der Waals surface area contributed by atoms with E-state index in [1.54, 1.807) is 18.2 Å². The second-order valence-corrected chi connectivity index (χ2v) is 17.2. The number of nitrogen functional groups attached to an aromatic ring is 1. The first-order chi connectivity index (χ1) is 28.3. The van der Waals surface area contributed by atoms with Crippen molar-refractivity contribution in [2.24, 2.45) is 0 Å². The number of likely N-dealkylation sites (tertiary alicyclic amines) is 1. The number of imide groups is 1. The largest absolute Gasteiger partial charge is 0.504 e. The van der Waals surface area contributed by atoms with E-state index in [2.05, 4.69) is 59.4 Å². The number of rotatable bonds is 7. The lowest BCUT2D eigenvalue weighted by atomic mass is 9.78. The van der Waals surface area contributed by atoms with Gasteiger partial charge in [-0.1, -0.05) is 18.2 Å². The molecule has 14 heteroatoms. The number of carbonyl (C=O) groups excluding carboxylic acids is 2. The van der Waals surface area contributed by atoms with Crippen molar-refractivity contribution >= 4 is 35.0 Å². The highest BCUT2D eigenvalue weighted by atomic mass is 19.1. The molecule has 5 fully saturated rings. The number of phenols is 1. The molecule has 2 aromatic heterocycles. The monoisotopic (exact) mass is 786 g/mol. The number of aromatic nitrogens is 4. The third-order valence-electron chi connectivity index (χ3n) is 14.1. The molecule has 5 aliphatic heterocycles. The zero-order valence-electron chi connectivity index (χ0n) is 32.8. The van der Waals surface area contributed by atoms with Gasteiger partial charge in [0.25, 0.3) is 0 Å². The Labute approximate surface area is 337 Å². The predicted molar refractivity (Wildman–Crippen MR) is 219 cm³/mol. The van der Waals surface area contributed by atoms with Gasteiger partial charge in [-0.15, -0.1) is 10.2 Å². The van der Waals surface area contributed by atoms with Crippen LogP contribution in [0, 0.1) is 5.82 Å². The number of halogens is 1. The normalized spacial score (nSPS) is 26.6. The number of piperazine rings is 1. The Bertz CT molecular complexity index is 2210. The SMILES string of the molecule is Nc1nnc(-c2cccc(F)c2O)cc1N1C[C@H]2CC[C@@H](C1)N2c1nccc(C2CCN(C3CCC(c4cccc5c4CCN5[C@H]4CCC(=O)NC4=O)CC3)CC2)n1. The van der Waals surface area contributed by atoms with Crippen LogP contribution in [0.5, 0.6) is 5.75 Å². The van der Waals surface area contributed by atoms with Crippen molar-refractivity contribution in [3.8, 4) is 17.0 Å². The van der Waals surface area contributed by atoms with Crippen molar-refractivity contribution in [2.75, 3.05) is 53.2 Å². The highest BCUT2D eigenvalue weighted by molar-refractivity contribution is 6.02. The molecule has 2 aromatic carbocycles. The predicted octanol–water partition coefficient (Wildman–Crippen LogP) is 5.29. The van der Waals surface area contributed by atoms with Crippen LogP contribution in [0.25, 0.3) is 11.3 Å². The molecule has 4 N–H and O–H groups in total. The summed E-state index contributed by atoms with van der Waals surface area (Å²) in [5, 5.41) is 21.3. The summed E-state index contributed by atoms with van der Waals surface area (Å²) in [6, 6.07) is 15.7. The molecule has 4 saturated heterocycles. The summed E-state index contributed by atoms with van der Waals surface area (Å²) >= 11 is 0. The van der Waals surface area contributed by atoms with Gasteiger partial charge in [0.1, 0.15) is 6.04 Å². The van der Waals surface area contributed by atoms with E-state index in [4.69, 9.17) is 15.7 Å². The van der Waals surface area contributed by atoms with Gasteiger partial charge in [-0.2, -0.15) is 0 Å². The van der Waals surface area contributed by atoms with Crippen LogP contribution < -0.4 is 25.8 Å². The standard InChI is InChI=1S/C44H51FN10O3/c45-34-5-1-4-33(41(34)57)36-23-39(42(46)51-50-36)53-24-29-11-12-30(25-53)55(29)44-47-19-15-35(48-44)27-16-20-52(21-17-27)28-9-7-26(8-10-28)31-3-2-6-37-32(31)18-22-54(37)38-13-14-40(56)49-43(38)58/h1-6,15,19,23,26-30,38,57H,7-14,16-18,20-22,24-25H2,(H2,46,51)(H,49,56,58)/t26?,28?,29-,30+,38-/m0/s1. The van der Waals surface area contributed by atoms with Crippen molar-refractivity contribution in [2.45, 2.75) is 107 Å². The van der Waals surface area contributed by atoms with Crippen LogP contribution in [0.1, 0.15) is 92.9 Å². The van der Waals surface area contributed by atoms with Crippen molar-refractivity contribution in [1.82, 2.24) is 30.4 Å². The van der Waals surface area contributed by atoms with E-state index in [-0.39, 0.29) is 35.5 Å². The third kappa shape index (κ3) is 6.68. The number of fused-ring (bicyclic) bond motifs is 3. The van der Waals surface area contributed by atoms with Crippen LogP contribution in [-0.4, -0.2) is 98.9 Å². The average Bonchev–Trinajstić information content (AvgIpc) is 3.79. The molecule has 7 heterocycles. The van der Waals surface area contributed by atoms with E-state index >= 15 is 0 Å². The number of anilines is 4. The zero-order chi connectivity index (χ0) is 39.5. The Balaban J connectivity index is 0.751. The highest BCUT2D eigenvalue weighted by Crippen LogP contribution is 2.44. The lowest BCUT2D eigenvalue weighted by molar-refractivity contribution is -0.134. The zero-order valence-corrected chi connectivity index (χ0v) is 32.8. The molecule has 0 unspecified atom stereocenters. The first kappa shape index (κ1) is 36.9. The minimum atomic E-state index is -0.703. The van der Waals surface area contributed by atoms with Crippen molar-refractivity contribution in [1.29, 1.82) is 0 Å². The summed E-state index contributed by atoms with van der Waals surface area (Å²) in [7, 11) is 0. The molecule has 1 aliphatic carbocycles. The number of hydrogen-bond acceptors (Lipinski definition) is 12. The lowest BCUT2D eigenvalue weighted by Gasteiger charge is -2.42. The summed E-state index contributed by atoms with van der Waals surface area (Å²) in [6.45, 7) is 4.46. The molecule has 1 saturated carbocycles. The summed E-state index contributed by atoms with van der Waals surface area (Å²) in [4.78, 5) is 44.1. The minimum Gasteiger partial charge on any atom is -0.504 e. The number of aromatic hydroxyl groups is 1. The number of nitrogens with one attached hydrogen (secondary N) is 1. The van der Waals surface area contributed by atoms with E-state index in [9.17, 15) is 19.1 Å². The van der Waals surface area contributed by atoms with Crippen LogP contribution in [-0.2, 0) is 16.0 Å². The van der Waals surface area contributed by atoms with E-state index in [0.717, 1.165) is 82.2 Å². The Morgan fingerprint density at radius 3 is 2.33 bits per heavy atom. The number of piperidine rings is 2. The first-order valence-electron chi connectivity index (χ1n) is 21.2. The Morgan fingerprint density at radius 2 is 1.55 bits per heavy atom. The average molecular weight is 787 g/mol. The molecular weight excluding hydrogens is 736 g/mol. The molecule has 0 radical (unpaired) electrons. The van der Waals surface area contributed by atoms with Gasteiger partial charge in [0.2, 0.25) is 17.8 Å². The smallest absolute Gasteiger partial charge is 0.249 e. The summed E-state index contributed by atoms with van der Waals surface area (Å²) in [5.41, 5.74) is 13.0. The first-order valence-corrected chi connectivity index (χ1v) is 21.2. The van der Waals surface area contributed by atoms with Crippen LogP contribution in [0.2, 0.25) is 0 Å². The maximum absolute atomic E-state index is 14.1. The third-order valence-corrected chi connectivity index (χ3v) is 14.1. The summed E-state index contributed by atoms with van der Waals surface area (Å²) in [5.74, 6) is 0.609. The fourth-order valence-corrected chi connectivity index (χ4v) is 11.1. The van der Waals surface area contributed by atoms with E-state index in [1.165, 1.54) is 48.6 Å². The Hall–Kier alpha value is -5.37. The van der Waals surface area contributed by atoms with Gasteiger partial charge in [0, 0.05) is 73.2 Å². The molecule has 3 atom stereocenters. The van der Waals surface area contributed by atoms with Gasteiger partial charge in [0.15, 0.2) is 17.4 Å². The van der Waals surface area contributed by atoms with Gasteiger partial charge >= 0.3 is 0 Å². The summed E-state index contributed by atoms with van der Waals surface area (Å²) < 4.78 is 14.1. The molecule has 6 aliphatic rings. The van der Waals surface area contributed by atoms with E-state index in [0.29, 0.717) is 42.2 Å². The maximum Gasteiger partial charge on any atom is 0.249 e. The van der Waals surface area contributed by atoms with E-state index < -0.39 is 11.6 Å². The lowest BCUT2D eigenvalue weighted by Crippen LogP contribution is -2.54. The fraction of sp³-hybridized carbons (Fsp3) is 0.500. The Morgan fingerprint density at radius 1 is 0.793 bits per heavy atom. The van der Waals surface area contributed by atoms with Crippen molar-refractivity contribution in [3.05, 3.63) is 77.4 Å². The van der Waals surface area contributed by atoms with Crippen LogP contribution in [0.4, 0.5) is 27.5 Å². The molecule has 4 aromatic rings. The van der Waals surface area contributed by atoms with Crippen molar-refractivity contribution in [3.63, 3.8) is 0 Å². The molecule has 2 bridgehead atoms. The number of amides is 2. The maximum atomic E-state index is 14.1. The van der Waals surface area contributed by atoms with Gasteiger partial charge in [-0.25, -0.2) is 14.4 Å². The molecule has 0 spiro atoms.